The molecule has 4 heterocycles. The predicted molar refractivity (Wildman–Crippen MR) is 238 cm³/mol. The molecule has 2 saturated carbocycles. The minimum absolute atomic E-state index is 0.00262. The molecule has 1 unspecified atom stereocenters. The Kier molecular flexibility index (Phi) is 11.0. The first kappa shape index (κ1) is 39.7. The zero-order valence-corrected chi connectivity index (χ0v) is 35.2. The summed E-state index contributed by atoms with van der Waals surface area (Å²) < 4.78 is 0. The third-order valence-corrected chi connectivity index (χ3v) is 13.9. The fourth-order valence-corrected chi connectivity index (χ4v) is 9.98. The number of amides is 4. The lowest BCUT2D eigenvalue weighted by Gasteiger charge is -2.28. The first-order chi connectivity index (χ1) is 30.4. The van der Waals surface area contributed by atoms with Gasteiger partial charge < -0.3 is 25.4 Å². The molecule has 4 aromatic carbocycles. The van der Waals surface area contributed by atoms with Crippen LogP contribution in [0.3, 0.4) is 0 Å². The average Bonchev–Trinajstić information content (AvgIpc) is 4.07. The summed E-state index contributed by atoms with van der Waals surface area (Å²) in [6.45, 7) is 1.24. The van der Waals surface area contributed by atoms with Gasteiger partial charge in [0.05, 0.1) is 28.9 Å². The lowest BCUT2D eigenvalue weighted by Crippen LogP contribution is -2.43. The number of hydrogen-bond acceptors (Lipinski definition) is 7. The Labute approximate surface area is 365 Å². The van der Waals surface area contributed by atoms with Crippen molar-refractivity contribution in [2.45, 2.75) is 75.5 Å². The van der Waals surface area contributed by atoms with E-state index in [4.69, 9.17) is 9.97 Å². The molecule has 0 radical (unpaired) electrons. The maximum atomic E-state index is 14.1. The molecule has 2 aliphatic carbocycles. The maximum absolute atomic E-state index is 14.1. The van der Waals surface area contributed by atoms with Crippen LogP contribution >= 0.6 is 11.3 Å². The van der Waals surface area contributed by atoms with Gasteiger partial charge in [-0.25, -0.2) is 9.97 Å². The molecule has 10 rings (SSSR count). The number of aromatic nitrogens is 3. The third kappa shape index (κ3) is 8.31. The van der Waals surface area contributed by atoms with Crippen LogP contribution in [-0.4, -0.2) is 61.5 Å². The predicted octanol–water partition coefficient (Wildman–Crippen LogP) is 8.73. The van der Waals surface area contributed by atoms with Gasteiger partial charge in [0.15, 0.2) is 0 Å². The molecule has 2 saturated heterocycles. The second-order valence-corrected chi connectivity index (χ2v) is 18.1. The molecule has 4 amide bonds. The molecule has 4 atom stereocenters. The molecular weight excluding hydrogens is 795 g/mol. The van der Waals surface area contributed by atoms with E-state index in [-0.39, 0.29) is 47.5 Å². The zero-order chi connectivity index (χ0) is 42.2. The Morgan fingerprint density at radius 3 is 1.58 bits per heavy atom. The van der Waals surface area contributed by atoms with Crippen LogP contribution in [0.25, 0.3) is 32.8 Å². The average molecular weight is 844 g/mol. The van der Waals surface area contributed by atoms with Crippen molar-refractivity contribution in [2.75, 3.05) is 13.1 Å². The smallest absolute Gasteiger partial charge is 0.250 e. The van der Waals surface area contributed by atoms with Gasteiger partial charge in [0.1, 0.15) is 22.9 Å². The molecule has 6 aromatic rings. The van der Waals surface area contributed by atoms with Crippen molar-refractivity contribution in [3.05, 3.63) is 144 Å². The number of aromatic amines is 1. The summed E-state index contributed by atoms with van der Waals surface area (Å²) in [5.41, 5.74) is 6.70. The van der Waals surface area contributed by atoms with Crippen LogP contribution < -0.4 is 10.6 Å². The highest BCUT2D eigenvalue weighted by Crippen LogP contribution is 2.40. The fraction of sp³-hybridized carbons (Fsp3) is 0.320. The molecule has 314 valence electrons. The lowest BCUT2D eigenvalue weighted by molar-refractivity contribution is -0.138. The number of nitrogens with zero attached hydrogens (tertiary/aromatic N) is 4. The van der Waals surface area contributed by atoms with Gasteiger partial charge in [0.25, 0.3) is 0 Å². The van der Waals surface area contributed by atoms with Gasteiger partial charge in [-0.2, -0.15) is 0 Å². The minimum atomic E-state index is -0.729. The molecular formula is C50H49N7O4S. The second kappa shape index (κ2) is 17.2. The van der Waals surface area contributed by atoms with E-state index in [1.165, 1.54) is 0 Å². The van der Waals surface area contributed by atoms with Gasteiger partial charge in [-0.1, -0.05) is 109 Å². The summed E-state index contributed by atoms with van der Waals surface area (Å²) >= 11 is 1.62. The molecule has 12 heteroatoms. The number of benzene rings is 4. The van der Waals surface area contributed by atoms with Crippen molar-refractivity contribution in [3.8, 4) is 32.8 Å². The highest BCUT2D eigenvalue weighted by molar-refractivity contribution is 7.15. The van der Waals surface area contributed by atoms with E-state index in [2.05, 4.69) is 64.1 Å². The molecule has 11 nitrogen and oxygen atoms in total. The number of carbonyl (C=O) groups is 4. The Hall–Kier alpha value is -6.40. The number of imidazole rings is 1. The van der Waals surface area contributed by atoms with E-state index >= 15 is 0 Å². The van der Waals surface area contributed by atoms with Crippen molar-refractivity contribution in [2.24, 2.45) is 11.8 Å². The Bertz CT molecular complexity index is 2390. The topological polar surface area (TPSA) is 140 Å². The van der Waals surface area contributed by atoms with Crippen LogP contribution in [0.2, 0.25) is 0 Å². The van der Waals surface area contributed by atoms with Gasteiger partial charge in [0.2, 0.25) is 23.6 Å². The first-order valence-corrected chi connectivity index (χ1v) is 22.7. The fourth-order valence-electron chi connectivity index (χ4n) is 8.91. The number of H-pyrrole nitrogens is 1. The van der Waals surface area contributed by atoms with Crippen molar-refractivity contribution in [1.82, 2.24) is 35.4 Å². The standard InChI is InChI=1S/C50H49N7O4S/c58-46(37-23-24-37)54-43(35-9-3-1-4-10-35)49(60)56-27-7-13-40(56)45-51-29-39(53-45)33-19-15-31(16-20-33)32-17-21-34(22-18-32)42-30-52-48(62-42)41-14-8-28-57(41)50(61)44(36-11-5-2-6-12-36)55-47(59)38-25-26-38/h1-6,9-12,15-22,29-30,37-38,40-41,43-44H,7-8,13-14,23-28H2,(H,51,53)(H,54,58)(H,55,59)/t40?,41-,43+,44+/m0/s1. The largest absolute Gasteiger partial charge is 0.340 e. The summed E-state index contributed by atoms with van der Waals surface area (Å²) in [5.74, 6) is 0.482. The van der Waals surface area contributed by atoms with Crippen molar-refractivity contribution < 1.29 is 19.2 Å². The summed E-state index contributed by atoms with van der Waals surface area (Å²) in [6, 6.07) is 34.2. The highest BCUT2D eigenvalue weighted by atomic mass is 32.1. The van der Waals surface area contributed by atoms with Crippen LogP contribution in [0.15, 0.2) is 122 Å². The van der Waals surface area contributed by atoms with Gasteiger partial charge >= 0.3 is 0 Å². The number of hydrogen-bond donors (Lipinski definition) is 3. The van der Waals surface area contributed by atoms with Crippen LogP contribution in [0.1, 0.15) is 97.5 Å². The number of carbonyl (C=O) groups excluding carboxylic acids is 4. The van der Waals surface area contributed by atoms with Crippen molar-refractivity contribution in [3.63, 3.8) is 0 Å². The monoisotopic (exact) mass is 843 g/mol. The number of nitrogens with one attached hydrogen (secondary N) is 3. The van der Waals surface area contributed by atoms with E-state index in [9.17, 15) is 19.2 Å². The van der Waals surface area contributed by atoms with E-state index in [1.54, 1.807) is 11.3 Å². The summed E-state index contributed by atoms with van der Waals surface area (Å²) in [4.78, 5) is 71.8. The van der Waals surface area contributed by atoms with Gasteiger partial charge in [0, 0.05) is 31.1 Å². The Morgan fingerprint density at radius 2 is 1.05 bits per heavy atom. The third-order valence-electron chi connectivity index (χ3n) is 12.7. The second-order valence-electron chi connectivity index (χ2n) is 17.0. The molecule has 2 aromatic heterocycles. The highest BCUT2D eigenvalue weighted by Gasteiger charge is 2.41. The molecule has 4 fully saturated rings. The molecule has 2 aliphatic heterocycles. The quantitative estimate of drug-likeness (QED) is 0.106. The molecule has 3 N–H and O–H groups in total. The van der Waals surface area contributed by atoms with Gasteiger partial charge in [-0.3, -0.25) is 19.2 Å². The molecule has 0 bridgehead atoms. The summed E-state index contributed by atoms with van der Waals surface area (Å²) in [6.07, 6.45) is 10.6. The van der Waals surface area contributed by atoms with Crippen LogP contribution in [-0.2, 0) is 19.2 Å². The number of rotatable bonds is 13. The van der Waals surface area contributed by atoms with Crippen molar-refractivity contribution >= 4 is 35.0 Å². The zero-order valence-electron chi connectivity index (χ0n) is 34.4. The Morgan fingerprint density at radius 1 is 0.565 bits per heavy atom. The number of thiazole rings is 1. The van der Waals surface area contributed by atoms with E-state index in [0.717, 1.165) is 106 Å². The van der Waals surface area contributed by atoms with E-state index in [1.807, 2.05) is 82.9 Å². The Balaban J connectivity index is 0.797. The minimum Gasteiger partial charge on any atom is -0.340 e. The number of likely N-dealkylation sites (tertiary alicyclic amines) is 2. The molecule has 62 heavy (non-hydrogen) atoms. The maximum Gasteiger partial charge on any atom is 0.250 e. The first-order valence-electron chi connectivity index (χ1n) is 21.9. The van der Waals surface area contributed by atoms with Gasteiger partial charge in [-0.15, -0.1) is 11.3 Å². The van der Waals surface area contributed by atoms with E-state index < -0.39 is 12.1 Å². The van der Waals surface area contributed by atoms with E-state index in [0.29, 0.717) is 13.1 Å². The van der Waals surface area contributed by atoms with Crippen LogP contribution in [0, 0.1) is 11.8 Å². The van der Waals surface area contributed by atoms with Crippen LogP contribution in [0.5, 0.6) is 0 Å². The lowest BCUT2D eigenvalue weighted by atomic mass is 10.0. The van der Waals surface area contributed by atoms with Gasteiger partial charge in [-0.05, 0) is 84.7 Å². The normalized spacial score (nSPS) is 19.5. The van der Waals surface area contributed by atoms with Crippen molar-refractivity contribution in [1.29, 1.82) is 0 Å². The molecule has 4 aliphatic rings. The van der Waals surface area contributed by atoms with Crippen LogP contribution in [0.4, 0.5) is 0 Å². The summed E-state index contributed by atoms with van der Waals surface area (Å²) in [5, 5.41) is 7.03. The SMILES string of the molecule is O=C(N[C@@H](C(=O)N1CCCC1c1ncc(-c2ccc(-c3ccc(-c4cnc([C@@H]5CCCN5C(=O)[C@H](NC(=O)C5CC5)c5ccccc5)s4)cc3)cc2)[nH]1)c1ccccc1)C1CC1. The molecule has 0 spiro atoms. The summed E-state index contributed by atoms with van der Waals surface area (Å²) in [7, 11) is 0.